The van der Waals surface area contributed by atoms with E-state index in [1.54, 1.807) is 0 Å². The van der Waals surface area contributed by atoms with Gasteiger partial charge in [-0.05, 0) is 6.42 Å². The Morgan fingerprint density at radius 2 is 2.55 bits per heavy atom. The SMILES string of the molecule is CCCc1c[nH]c2ncoc12. The van der Waals surface area contributed by atoms with Crippen LogP contribution in [-0.2, 0) is 6.42 Å². The van der Waals surface area contributed by atoms with Crippen LogP contribution in [0.15, 0.2) is 17.0 Å². The molecule has 1 N–H and O–H groups in total. The molecule has 2 heterocycles. The van der Waals surface area contributed by atoms with Crippen molar-refractivity contribution in [2.24, 2.45) is 0 Å². The molecular formula is C8H10N2O. The van der Waals surface area contributed by atoms with Gasteiger partial charge in [-0.1, -0.05) is 13.3 Å². The summed E-state index contributed by atoms with van der Waals surface area (Å²) < 4.78 is 5.20. The van der Waals surface area contributed by atoms with E-state index in [0.29, 0.717) is 0 Å². The van der Waals surface area contributed by atoms with Gasteiger partial charge in [0, 0.05) is 11.8 Å². The van der Waals surface area contributed by atoms with Gasteiger partial charge in [0.2, 0.25) is 0 Å². The van der Waals surface area contributed by atoms with Gasteiger partial charge < -0.3 is 9.40 Å². The quantitative estimate of drug-likeness (QED) is 0.712. The minimum absolute atomic E-state index is 0.855. The number of aryl methyl sites for hydroxylation is 1. The lowest BCUT2D eigenvalue weighted by Crippen LogP contribution is -1.76. The fraction of sp³-hybridized carbons (Fsp3) is 0.375. The maximum absolute atomic E-state index is 5.20. The van der Waals surface area contributed by atoms with Crippen LogP contribution < -0.4 is 0 Å². The number of aromatic nitrogens is 2. The van der Waals surface area contributed by atoms with Crippen molar-refractivity contribution >= 4 is 11.2 Å². The minimum atomic E-state index is 0.855. The molecule has 0 unspecified atom stereocenters. The molecule has 2 aromatic heterocycles. The topological polar surface area (TPSA) is 41.8 Å². The van der Waals surface area contributed by atoms with E-state index in [0.717, 1.165) is 24.1 Å². The lowest BCUT2D eigenvalue weighted by atomic mass is 10.2. The molecule has 0 amide bonds. The summed E-state index contributed by atoms with van der Waals surface area (Å²) in [5.74, 6) is 0. The van der Waals surface area contributed by atoms with Crippen LogP contribution in [0.25, 0.3) is 11.2 Å². The Morgan fingerprint density at radius 3 is 3.36 bits per heavy atom. The van der Waals surface area contributed by atoms with E-state index >= 15 is 0 Å². The molecule has 0 aliphatic rings. The molecule has 0 aliphatic heterocycles. The second kappa shape index (κ2) is 2.42. The average molecular weight is 150 g/mol. The molecule has 58 valence electrons. The van der Waals surface area contributed by atoms with E-state index < -0.39 is 0 Å². The van der Waals surface area contributed by atoms with Crippen LogP contribution >= 0.6 is 0 Å². The fourth-order valence-corrected chi connectivity index (χ4v) is 1.25. The number of hydrogen-bond acceptors (Lipinski definition) is 2. The summed E-state index contributed by atoms with van der Waals surface area (Å²) in [5, 5.41) is 0. The van der Waals surface area contributed by atoms with Gasteiger partial charge in [-0.15, -0.1) is 0 Å². The highest BCUT2D eigenvalue weighted by Crippen LogP contribution is 2.17. The third-order valence-electron chi connectivity index (χ3n) is 1.76. The molecule has 0 saturated carbocycles. The van der Waals surface area contributed by atoms with E-state index in [1.165, 1.54) is 12.0 Å². The molecule has 0 atom stereocenters. The normalized spacial score (nSPS) is 11.0. The second-order valence-corrected chi connectivity index (χ2v) is 2.59. The lowest BCUT2D eigenvalue weighted by molar-refractivity contribution is 0.597. The molecule has 0 saturated heterocycles. The highest BCUT2D eigenvalue weighted by molar-refractivity contribution is 5.72. The molecule has 0 fully saturated rings. The van der Waals surface area contributed by atoms with Crippen LogP contribution in [0.1, 0.15) is 18.9 Å². The summed E-state index contributed by atoms with van der Waals surface area (Å²) in [6, 6.07) is 0. The van der Waals surface area contributed by atoms with Crippen molar-refractivity contribution < 1.29 is 4.42 Å². The Labute approximate surface area is 64.4 Å². The zero-order valence-corrected chi connectivity index (χ0v) is 6.42. The van der Waals surface area contributed by atoms with Gasteiger partial charge in [0.1, 0.15) is 0 Å². The largest absolute Gasteiger partial charge is 0.441 e. The average Bonchev–Trinajstić information content (AvgIpc) is 2.53. The van der Waals surface area contributed by atoms with Gasteiger partial charge in [0.05, 0.1) is 0 Å². The number of aromatic amines is 1. The zero-order valence-electron chi connectivity index (χ0n) is 6.42. The molecule has 0 radical (unpaired) electrons. The molecule has 11 heavy (non-hydrogen) atoms. The molecule has 2 rings (SSSR count). The number of fused-ring (bicyclic) bond motifs is 1. The standard InChI is InChI=1S/C8H10N2O/c1-2-3-6-4-9-8-7(6)11-5-10-8/h4-5,9H,2-3H2,1H3. The zero-order chi connectivity index (χ0) is 7.68. The van der Waals surface area contributed by atoms with Crippen LogP contribution in [0.2, 0.25) is 0 Å². The summed E-state index contributed by atoms with van der Waals surface area (Å²) in [5.41, 5.74) is 2.99. The highest BCUT2D eigenvalue weighted by Gasteiger charge is 2.05. The highest BCUT2D eigenvalue weighted by atomic mass is 16.3. The van der Waals surface area contributed by atoms with E-state index in [4.69, 9.17) is 4.42 Å². The minimum Gasteiger partial charge on any atom is -0.441 e. The first-order valence-electron chi connectivity index (χ1n) is 3.81. The van der Waals surface area contributed by atoms with Crippen molar-refractivity contribution in [3.05, 3.63) is 18.2 Å². The second-order valence-electron chi connectivity index (χ2n) is 2.59. The lowest BCUT2D eigenvalue weighted by Gasteiger charge is -1.88. The van der Waals surface area contributed by atoms with Crippen LogP contribution in [0.5, 0.6) is 0 Å². The number of H-pyrrole nitrogens is 1. The Balaban J connectivity index is 2.51. The van der Waals surface area contributed by atoms with E-state index in [1.807, 2.05) is 6.20 Å². The number of nitrogens with zero attached hydrogens (tertiary/aromatic N) is 1. The molecule has 0 spiro atoms. The molecule has 0 bridgehead atoms. The molecular weight excluding hydrogens is 140 g/mol. The monoisotopic (exact) mass is 150 g/mol. The van der Waals surface area contributed by atoms with E-state index in [9.17, 15) is 0 Å². The first-order valence-corrected chi connectivity index (χ1v) is 3.81. The summed E-state index contributed by atoms with van der Waals surface area (Å²) >= 11 is 0. The van der Waals surface area contributed by atoms with Gasteiger partial charge in [0.15, 0.2) is 17.6 Å². The van der Waals surface area contributed by atoms with Gasteiger partial charge in [0.25, 0.3) is 0 Å². The molecule has 2 aromatic rings. The van der Waals surface area contributed by atoms with Crippen molar-refractivity contribution in [2.45, 2.75) is 19.8 Å². The molecule has 0 aromatic carbocycles. The predicted molar refractivity (Wildman–Crippen MR) is 42.4 cm³/mol. The van der Waals surface area contributed by atoms with E-state index in [2.05, 4.69) is 16.9 Å². The summed E-state index contributed by atoms with van der Waals surface area (Å²) in [6.45, 7) is 2.15. The number of oxazole rings is 1. The molecule has 0 aliphatic carbocycles. The third kappa shape index (κ3) is 0.926. The van der Waals surface area contributed by atoms with Crippen LogP contribution in [-0.4, -0.2) is 9.97 Å². The Morgan fingerprint density at radius 1 is 1.64 bits per heavy atom. The van der Waals surface area contributed by atoms with Crippen LogP contribution in [0, 0.1) is 0 Å². The number of rotatable bonds is 2. The Kier molecular flexibility index (Phi) is 1.42. The molecule has 3 nitrogen and oxygen atoms in total. The van der Waals surface area contributed by atoms with Gasteiger partial charge >= 0.3 is 0 Å². The van der Waals surface area contributed by atoms with Crippen molar-refractivity contribution in [1.82, 2.24) is 9.97 Å². The summed E-state index contributed by atoms with van der Waals surface area (Å²) in [7, 11) is 0. The first kappa shape index (κ1) is 6.46. The van der Waals surface area contributed by atoms with Crippen molar-refractivity contribution in [1.29, 1.82) is 0 Å². The predicted octanol–water partition coefficient (Wildman–Crippen LogP) is 2.11. The Bertz CT molecular complexity index is 347. The van der Waals surface area contributed by atoms with E-state index in [-0.39, 0.29) is 0 Å². The number of hydrogen-bond donors (Lipinski definition) is 1. The fourth-order valence-electron chi connectivity index (χ4n) is 1.25. The van der Waals surface area contributed by atoms with Crippen molar-refractivity contribution in [2.75, 3.05) is 0 Å². The maximum Gasteiger partial charge on any atom is 0.183 e. The summed E-state index contributed by atoms with van der Waals surface area (Å²) in [6.07, 6.45) is 5.62. The van der Waals surface area contributed by atoms with Gasteiger partial charge in [-0.3, -0.25) is 0 Å². The maximum atomic E-state index is 5.20. The first-order chi connectivity index (χ1) is 5.42. The smallest absolute Gasteiger partial charge is 0.183 e. The van der Waals surface area contributed by atoms with Crippen LogP contribution in [0.3, 0.4) is 0 Å². The van der Waals surface area contributed by atoms with Crippen molar-refractivity contribution in [3.8, 4) is 0 Å². The third-order valence-corrected chi connectivity index (χ3v) is 1.76. The summed E-state index contributed by atoms with van der Waals surface area (Å²) in [4.78, 5) is 7.05. The van der Waals surface area contributed by atoms with Crippen molar-refractivity contribution in [3.63, 3.8) is 0 Å². The van der Waals surface area contributed by atoms with Crippen LogP contribution in [0.4, 0.5) is 0 Å². The van der Waals surface area contributed by atoms with Gasteiger partial charge in [-0.25, -0.2) is 0 Å². The van der Waals surface area contributed by atoms with Gasteiger partial charge in [-0.2, -0.15) is 4.98 Å². The molecule has 3 heteroatoms. The number of nitrogens with one attached hydrogen (secondary N) is 1. The Hall–Kier alpha value is -1.25.